The van der Waals surface area contributed by atoms with Gasteiger partial charge in [-0.2, -0.15) is 4.72 Å². The number of anilines is 2. The van der Waals surface area contributed by atoms with Crippen molar-refractivity contribution < 1.29 is 13.5 Å². The van der Waals surface area contributed by atoms with E-state index < -0.39 is 16.3 Å². The minimum absolute atomic E-state index is 0.0425. The Bertz CT molecular complexity index is 1530. The number of sulfonamides is 1. The van der Waals surface area contributed by atoms with Crippen LogP contribution in [0.5, 0.6) is 0 Å². The standard InChI is InChI=1S/C26H30N8O3S/c35-22(32-38(36,37)20-6-2-1-3-7-20)15-34-17-30-23-25(28-16-29-26(23)34)33-13-10-18(11-14-33)21-9-8-19-5-4-12-27-24(19)31-21/h1-3,6-9,16-18,22,32,35H,4-5,10-15H2,(H,27,31). The van der Waals surface area contributed by atoms with Crippen LogP contribution in [0.2, 0.25) is 0 Å². The summed E-state index contributed by atoms with van der Waals surface area (Å²) in [5.41, 5.74) is 3.61. The van der Waals surface area contributed by atoms with Gasteiger partial charge < -0.3 is 19.9 Å². The number of rotatable bonds is 7. The van der Waals surface area contributed by atoms with Crippen molar-refractivity contribution in [1.82, 2.24) is 29.2 Å². The molecular formula is C26H30N8O3S. The Morgan fingerprint density at radius 3 is 2.71 bits per heavy atom. The van der Waals surface area contributed by atoms with Gasteiger partial charge in [0.1, 0.15) is 18.4 Å². The quantitative estimate of drug-likeness (QED) is 0.305. The topological polar surface area (TPSA) is 138 Å². The van der Waals surface area contributed by atoms with E-state index in [4.69, 9.17) is 4.98 Å². The maximum Gasteiger partial charge on any atom is 0.242 e. The van der Waals surface area contributed by atoms with Crippen LogP contribution < -0.4 is 14.9 Å². The molecule has 1 aromatic carbocycles. The summed E-state index contributed by atoms with van der Waals surface area (Å²) >= 11 is 0. The molecule has 3 N–H and O–H groups in total. The molecule has 0 radical (unpaired) electrons. The third kappa shape index (κ3) is 4.94. The normalized spacial score (nSPS) is 17.2. The van der Waals surface area contributed by atoms with Gasteiger partial charge in [-0.3, -0.25) is 0 Å². The maximum absolute atomic E-state index is 12.6. The smallest absolute Gasteiger partial charge is 0.242 e. The molecule has 6 rings (SSSR count). The highest BCUT2D eigenvalue weighted by Gasteiger charge is 2.26. The molecule has 3 aromatic heterocycles. The van der Waals surface area contributed by atoms with Crippen LogP contribution in [0.15, 0.2) is 60.0 Å². The summed E-state index contributed by atoms with van der Waals surface area (Å²) < 4.78 is 29.1. The lowest BCUT2D eigenvalue weighted by molar-refractivity contribution is 0.144. The molecule has 0 bridgehead atoms. The fraction of sp³-hybridized carbons (Fsp3) is 0.385. The van der Waals surface area contributed by atoms with Crippen LogP contribution in [0.1, 0.15) is 36.4 Å². The summed E-state index contributed by atoms with van der Waals surface area (Å²) in [4.78, 5) is 20.6. The van der Waals surface area contributed by atoms with Gasteiger partial charge in [0.25, 0.3) is 0 Å². The number of piperidine rings is 1. The molecule has 2 aliphatic heterocycles. The Kier molecular flexibility index (Phi) is 6.68. The van der Waals surface area contributed by atoms with Crippen LogP contribution in [0.25, 0.3) is 11.2 Å². The van der Waals surface area contributed by atoms with Gasteiger partial charge in [-0.05, 0) is 49.4 Å². The van der Waals surface area contributed by atoms with Crippen LogP contribution in [-0.2, 0) is 23.0 Å². The first-order chi connectivity index (χ1) is 18.5. The van der Waals surface area contributed by atoms with E-state index in [2.05, 4.69) is 42.0 Å². The number of imidazole rings is 1. The number of hydrogen-bond acceptors (Lipinski definition) is 9. The highest BCUT2D eigenvalue weighted by molar-refractivity contribution is 7.89. The van der Waals surface area contributed by atoms with Crippen LogP contribution in [0.4, 0.5) is 11.6 Å². The molecule has 1 saturated heterocycles. The Balaban J connectivity index is 1.14. The summed E-state index contributed by atoms with van der Waals surface area (Å²) in [5.74, 6) is 2.17. The molecule has 0 saturated carbocycles. The number of aliphatic hydroxyl groups excluding tert-OH is 1. The monoisotopic (exact) mass is 534 g/mol. The molecule has 5 heterocycles. The fourth-order valence-electron chi connectivity index (χ4n) is 5.26. The maximum atomic E-state index is 12.6. The van der Waals surface area contributed by atoms with Crippen molar-refractivity contribution in [1.29, 1.82) is 0 Å². The number of pyridine rings is 1. The Morgan fingerprint density at radius 2 is 1.89 bits per heavy atom. The van der Waals surface area contributed by atoms with Gasteiger partial charge in [0.05, 0.1) is 17.8 Å². The number of aromatic nitrogens is 5. The van der Waals surface area contributed by atoms with E-state index in [0.717, 1.165) is 62.6 Å². The third-order valence-electron chi connectivity index (χ3n) is 7.22. The van der Waals surface area contributed by atoms with Crippen molar-refractivity contribution in [3.05, 3.63) is 66.4 Å². The Hall–Kier alpha value is -3.61. The van der Waals surface area contributed by atoms with Gasteiger partial charge >= 0.3 is 0 Å². The zero-order valence-electron chi connectivity index (χ0n) is 20.9. The van der Waals surface area contributed by atoms with Crippen molar-refractivity contribution in [2.45, 2.75) is 49.3 Å². The largest absolute Gasteiger partial charge is 0.376 e. The number of nitrogens with one attached hydrogen (secondary N) is 2. The number of aliphatic hydroxyl groups is 1. The molecule has 2 aliphatic rings. The first kappa shape index (κ1) is 24.7. The lowest BCUT2D eigenvalue weighted by Crippen LogP contribution is -2.37. The highest BCUT2D eigenvalue weighted by Crippen LogP contribution is 2.32. The molecule has 1 atom stereocenters. The van der Waals surface area contributed by atoms with Crippen molar-refractivity contribution in [3.8, 4) is 0 Å². The van der Waals surface area contributed by atoms with E-state index in [0.29, 0.717) is 17.1 Å². The van der Waals surface area contributed by atoms with Gasteiger partial charge in [0, 0.05) is 31.2 Å². The minimum atomic E-state index is -3.86. The molecule has 0 amide bonds. The summed E-state index contributed by atoms with van der Waals surface area (Å²) in [6.45, 7) is 2.57. The van der Waals surface area contributed by atoms with Crippen molar-refractivity contribution in [2.24, 2.45) is 0 Å². The van der Waals surface area contributed by atoms with Gasteiger partial charge in [-0.25, -0.2) is 28.4 Å². The number of fused-ring (bicyclic) bond motifs is 2. The van der Waals surface area contributed by atoms with Crippen molar-refractivity contribution in [3.63, 3.8) is 0 Å². The molecule has 198 valence electrons. The van der Waals surface area contributed by atoms with E-state index in [9.17, 15) is 13.5 Å². The van der Waals surface area contributed by atoms with Crippen molar-refractivity contribution in [2.75, 3.05) is 29.9 Å². The van der Waals surface area contributed by atoms with Gasteiger partial charge in [0.15, 0.2) is 17.0 Å². The first-order valence-corrected chi connectivity index (χ1v) is 14.4. The number of hydrogen-bond donors (Lipinski definition) is 3. The van der Waals surface area contributed by atoms with Crippen LogP contribution in [0.3, 0.4) is 0 Å². The summed E-state index contributed by atoms with van der Waals surface area (Å²) in [6.07, 6.45) is 5.83. The summed E-state index contributed by atoms with van der Waals surface area (Å²) in [7, 11) is -3.86. The molecule has 38 heavy (non-hydrogen) atoms. The number of nitrogens with zero attached hydrogens (tertiary/aromatic N) is 6. The molecule has 1 fully saturated rings. The second kappa shape index (κ2) is 10.3. The SMILES string of the molecule is O=S(=O)(NC(O)Cn1cnc2c(N3CCC(c4ccc5c(n4)NCCC5)CC3)ncnc21)c1ccccc1. The zero-order valence-corrected chi connectivity index (χ0v) is 21.7. The van der Waals surface area contributed by atoms with Crippen LogP contribution >= 0.6 is 0 Å². The molecular weight excluding hydrogens is 504 g/mol. The molecule has 0 aliphatic carbocycles. The van der Waals surface area contributed by atoms with E-state index in [1.165, 1.54) is 24.0 Å². The van der Waals surface area contributed by atoms with E-state index in [1.54, 1.807) is 29.1 Å². The molecule has 11 nitrogen and oxygen atoms in total. The average molecular weight is 535 g/mol. The van der Waals surface area contributed by atoms with Gasteiger partial charge in [0.2, 0.25) is 10.0 Å². The average Bonchev–Trinajstić information content (AvgIpc) is 3.35. The lowest BCUT2D eigenvalue weighted by atomic mass is 9.92. The van der Waals surface area contributed by atoms with Gasteiger partial charge in [-0.15, -0.1) is 0 Å². The predicted octanol–water partition coefficient (Wildman–Crippen LogP) is 2.26. The third-order valence-corrected chi connectivity index (χ3v) is 8.70. The molecule has 4 aromatic rings. The Labute approximate surface area is 221 Å². The number of benzene rings is 1. The molecule has 0 spiro atoms. The summed E-state index contributed by atoms with van der Waals surface area (Å²) in [5, 5.41) is 13.9. The van der Waals surface area contributed by atoms with Gasteiger partial charge in [-0.1, -0.05) is 24.3 Å². The second-order valence-electron chi connectivity index (χ2n) is 9.75. The fourth-order valence-corrected chi connectivity index (χ4v) is 6.35. The Morgan fingerprint density at radius 1 is 1.08 bits per heavy atom. The minimum Gasteiger partial charge on any atom is -0.376 e. The predicted molar refractivity (Wildman–Crippen MR) is 143 cm³/mol. The number of aryl methyl sites for hydroxylation is 1. The van der Waals surface area contributed by atoms with E-state index in [-0.39, 0.29) is 11.4 Å². The molecule has 1 unspecified atom stereocenters. The zero-order chi connectivity index (χ0) is 26.1. The van der Waals surface area contributed by atoms with E-state index in [1.807, 2.05) is 0 Å². The van der Waals surface area contributed by atoms with Crippen molar-refractivity contribution >= 4 is 32.8 Å². The second-order valence-corrected chi connectivity index (χ2v) is 11.5. The van der Waals surface area contributed by atoms with Crippen LogP contribution in [-0.4, -0.2) is 63.9 Å². The lowest BCUT2D eigenvalue weighted by Gasteiger charge is -2.33. The summed E-state index contributed by atoms with van der Waals surface area (Å²) in [6, 6.07) is 12.3. The molecule has 12 heteroatoms. The van der Waals surface area contributed by atoms with E-state index >= 15 is 0 Å². The first-order valence-electron chi connectivity index (χ1n) is 12.9. The van der Waals surface area contributed by atoms with Crippen LogP contribution in [0, 0.1) is 0 Å². The highest BCUT2D eigenvalue weighted by atomic mass is 32.2.